The van der Waals surface area contributed by atoms with Crippen molar-refractivity contribution in [1.82, 2.24) is 0 Å². The summed E-state index contributed by atoms with van der Waals surface area (Å²) in [5, 5.41) is 3.37. The smallest absolute Gasteiger partial charge is 0.453 e. The molecule has 0 aliphatic heterocycles. The van der Waals surface area contributed by atoms with Crippen LogP contribution in [0.1, 0.15) is 6.92 Å². The van der Waals surface area contributed by atoms with E-state index in [0.717, 1.165) is 17.2 Å². The molecule has 1 N–H and O–H groups in total. The molecule has 19 heavy (non-hydrogen) atoms. The van der Waals surface area contributed by atoms with Gasteiger partial charge >= 0.3 is 5.11 Å². The molecule has 0 spiro atoms. The van der Waals surface area contributed by atoms with E-state index in [2.05, 4.69) is 16.2 Å². The number of hydrogen-bond acceptors (Lipinski definition) is 2. The van der Waals surface area contributed by atoms with Gasteiger partial charge in [-0.15, -0.1) is 4.85 Å². The topological polar surface area (TPSA) is 25.6 Å². The van der Waals surface area contributed by atoms with Gasteiger partial charge in [-0.2, -0.15) is 0 Å². The van der Waals surface area contributed by atoms with Crippen molar-refractivity contribution in [3.63, 3.8) is 0 Å². The van der Waals surface area contributed by atoms with Gasteiger partial charge in [-0.05, 0) is 36.4 Å². The van der Waals surface area contributed by atoms with Gasteiger partial charge in [-0.25, -0.2) is 5.32 Å². The second kappa shape index (κ2) is 6.53. The van der Waals surface area contributed by atoms with Crippen molar-refractivity contribution in [2.45, 2.75) is 6.92 Å². The normalized spacial score (nSPS) is 9.11. The molecule has 94 valence electrons. The van der Waals surface area contributed by atoms with Gasteiger partial charge < -0.3 is 4.74 Å². The third-order valence-electron chi connectivity index (χ3n) is 2.30. The standard InChI is InChI=1S/C15H12N2OS/c1-2-16-15(19)17-12-8-10-14(11-9-12)18-13-6-4-3-5-7-13/h3-11H,1H3/p+1. The Balaban J connectivity index is 2.02. The molecule has 0 atom stereocenters. The summed E-state index contributed by atoms with van der Waals surface area (Å²) in [5.74, 6) is 1.58. The summed E-state index contributed by atoms with van der Waals surface area (Å²) in [6.45, 7) is 1.70. The van der Waals surface area contributed by atoms with Crippen molar-refractivity contribution in [3.8, 4) is 17.6 Å². The summed E-state index contributed by atoms with van der Waals surface area (Å²) < 4.78 is 5.69. The van der Waals surface area contributed by atoms with Crippen LogP contribution < -0.4 is 10.1 Å². The summed E-state index contributed by atoms with van der Waals surface area (Å²) in [6, 6.07) is 19.8. The SMILES string of the molecule is CC#[N+]C(=S)Nc1ccc(Oc2ccccc2)cc1. The van der Waals surface area contributed by atoms with E-state index in [9.17, 15) is 0 Å². The first-order chi connectivity index (χ1) is 9.28. The molecular formula is C15H13N2OS+. The molecule has 0 aliphatic rings. The Morgan fingerprint density at radius 3 is 2.32 bits per heavy atom. The van der Waals surface area contributed by atoms with E-state index < -0.39 is 0 Å². The van der Waals surface area contributed by atoms with Crippen LogP contribution in [0, 0.1) is 6.07 Å². The highest BCUT2D eigenvalue weighted by Gasteiger charge is 2.05. The molecule has 3 nitrogen and oxygen atoms in total. The lowest BCUT2D eigenvalue weighted by atomic mass is 10.3. The van der Waals surface area contributed by atoms with Crippen molar-refractivity contribution >= 4 is 23.0 Å². The Labute approximate surface area is 117 Å². The minimum absolute atomic E-state index is 0.388. The Hall–Kier alpha value is -2.38. The maximum absolute atomic E-state index is 5.69. The number of benzene rings is 2. The fourth-order valence-corrected chi connectivity index (χ4v) is 1.69. The van der Waals surface area contributed by atoms with Crippen molar-refractivity contribution in [2.24, 2.45) is 0 Å². The molecule has 2 rings (SSSR count). The molecule has 0 unspecified atom stereocenters. The number of rotatable bonds is 3. The second-order valence-corrected chi connectivity index (χ2v) is 4.09. The predicted octanol–water partition coefficient (Wildman–Crippen LogP) is 4.53. The quantitative estimate of drug-likeness (QED) is 0.829. The highest BCUT2D eigenvalue weighted by Crippen LogP contribution is 2.22. The van der Waals surface area contributed by atoms with Gasteiger partial charge in [0.15, 0.2) is 6.07 Å². The third-order valence-corrected chi connectivity index (χ3v) is 2.49. The van der Waals surface area contributed by atoms with Crippen LogP contribution in [-0.4, -0.2) is 5.11 Å². The minimum Gasteiger partial charge on any atom is -0.457 e. The van der Waals surface area contributed by atoms with E-state index in [1.807, 2.05) is 54.6 Å². The largest absolute Gasteiger partial charge is 0.457 e. The lowest BCUT2D eigenvalue weighted by Crippen LogP contribution is -2.03. The highest BCUT2D eigenvalue weighted by molar-refractivity contribution is 7.80. The highest BCUT2D eigenvalue weighted by atomic mass is 32.1. The Bertz CT molecular complexity index is 612. The summed E-state index contributed by atoms with van der Waals surface area (Å²) in [4.78, 5) is 3.85. The fourth-order valence-electron chi connectivity index (χ4n) is 1.48. The van der Waals surface area contributed by atoms with Crippen molar-refractivity contribution in [2.75, 3.05) is 5.32 Å². The van der Waals surface area contributed by atoms with Crippen molar-refractivity contribution in [3.05, 3.63) is 59.4 Å². The zero-order valence-corrected chi connectivity index (χ0v) is 11.3. The minimum atomic E-state index is 0.388. The molecule has 0 saturated carbocycles. The molecule has 4 heteroatoms. The van der Waals surface area contributed by atoms with E-state index in [-0.39, 0.29) is 0 Å². The molecule has 2 aromatic carbocycles. The first-order valence-corrected chi connectivity index (χ1v) is 6.20. The van der Waals surface area contributed by atoms with E-state index >= 15 is 0 Å². The number of para-hydroxylation sites is 1. The van der Waals surface area contributed by atoms with Gasteiger partial charge in [0, 0.05) is 19.1 Å². The number of thiocarbonyl (C=S) groups is 1. The molecule has 0 fully saturated rings. The molecule has 2 aromatic rings. The Morgan fingerprint density at radius 2 is 1.68 bits per heavy atom. The van der Waals surface area contributed by atoms with Crippen molar-refractivity contribution in [1.29, 1.82) is 0 Å². The fraction of sp³-hybridized carbons (Fsp3) is 0.0667. The second-order valence-electron chi connectivity index (χ2n) is 3.71. The maximum Gasteiger partial charge on any atom is 0.453 e. The van der Waals surface area contributed by atoms with E-state index in [1.54, 1.807) is 6.92 Å². The average molecular weight is 269 g/mol. The molecule has 0 saturated heterocycles. The third kappa shape index (κ3) is 4.09. The van der Waals surface area contributed by atoms with Crippen LogP contribution in [0.4, 0.5) is 5.69 Å². The van der Waals surface area contributed by atoms with Crippen LogP contribution in [-0.2, 0) is 0 Å². The van der Waals surface area contributed by atoms with Gasteiger partial charge in [0.1, 0.15) is 17.2 Å². The first-order valence-electron chi connectivity index (χ1n) is 5.79. The van der Waals surface area contributed by atoms with Crippen LogP contribution in [0.3, 0.4) is 0 Å². The van der Waals surface area contributed by atoms with Crippen LogP contribution in [0.25, 0.3) is 4.85 Å². The number of ether oxygens (including phenoxy) is 1. The molecule has 0 aromatic heterocycles. The molecule has 0 bridgehead atoms. The van der Waals surface area contributed by atoms with Crippen LogP contribution in [0.15, 0.2) is 54.6 Å². The van der Waals surface area contributed by atoms with Crippen molar-refractivity contribution < 1.29 is 4.74 Å². The monoisotopic (exact) mass is 269 g/mol. The number of anilines is 1. The Kier molecular flexibility index (Phi) is 4.49. The van der Waals surface area contributed by atoms with Gasteiger partial charge in [0.25, 0.3) is 0 Å². The number of nitrogens with one attached hydrogen (secondary N) is 1. The van der Waals surface area contributed by atoms with E-state index in [1.165, 1.54) is 0 Å². The molecule has 0 aliphatic carbocycles. The summed E-state index contributed by atoms with van der Waals surface area (Å²) in [7, 11) is 0. The van der Waals surface area contributed by atoms with Gasteiger partial charge in [0.05, 0.1) is 0 Å². The lowest BCUT2D eigenvalue weighted by molar-refractivity contribution is 0.483. The van der Waals surface area contributed by atoms with Gasteiger partial charge in [0.2, 0.25) is 0 Å². The zero-order valence-electron chi connectivity index (χ0n) is 10.5. The number of hydrogen-bond donors (Lipinski definition) is 1. The molecule has 0 amide bonds. The zero-order chi connectivity index (χ0) is 13.5. The summed E-state index contributed by atoms with van der Waals surface area (Å²) >= 11 is 5.00. The van der Waals surface area contributed by atoms with Crippen LogP contribution in [0.2, 0.25) is 0 Å². The summed E-state index contributed by atoms with van der Waals surface area (Å²) in [5.41, 5.74) is 0.865. The van der Waals surface area contributed by atoms with Gasteiger partial charge in [-0.1, -0.05) is 18.2 Å². The maximum atomic E-state index is 5.69. The summed E-state index contributed by atoms with van der Waals surface area (Å²) in [6.07, 6.45) is 0. The van der Waals surface area contributed by atoms with Gasteiger partial charge in [-0.3, -0.25) is 0 Å². The predicted molar refractivity (Wildman–Crippen MR) is 82.1 cm³/mol. The Morgan fingerprint density at radius 1 is 1.05 bits per heavy atom. The molecular weight excluding hydrogens is 256 g/mol. The average Bonchev–Trinajstić information content (AvgIpc) is 2.42. The van der Waals surface area contributed by atoms with E-state index in [0.29, 0.717) is 5.11 Å². The first kappa shape index (κ1) is 13.1. The van der Waals surface area contributed by atoms with Crippen LogP contribution in [0.5, 0.6) is 11.5 Å². The van der Waals surface area contributed by atoms with Crippen LogP contribution >= 0.6 is 12.2 Å². The molecule has 0 radical (unpaired) electrons. The molecule has 0 heterocycles. The van der Waals surface area contributed by atoms with E-state index in [4.69, 9.17) is 17.0 Å². The number of nitrogens with zero attached hydrogens (tertiary/aromatic N) is 1. The lowest BCUT2D eigenvalue weighted by Gasteiger charge is -2.05.